The second-order valence-electron chi connectivity index (χ2n) is 6.93. The van der Waals surface area contributed by atoms with Crippen LogP contribution >= 0.6 is 0 Å². The molecule has 2 amide bonds. The second kappa shape index (κ2) is 8.24. The molecule has 4 rings (SSSR count). The average molecular weight is 408 g/mol. The molecule has 2 aromatic carbocycles. The van der Waals surface area contributed by atoms with Crippen LogP contribution in [0.4, 0.5) is 5.69 Å². The van der Waals surface area contributed by atoms with Gasteiger partial charge in [-0.1, -0.05) is 18.2 Å². The van der Waals surface area contributed by atoms with Gasteiger partial charge in [-0.2, -0.15) is 0 Å². The van der Waals surface area contributed by atoms with Gasteiger partial charge in [0.05, 0.1) is 11.0 Å². The van der Waals surface area contributed by atoms with Crippen molar-refractivity contribution in [1.29, 1.82) is 0 Å². The van der Waals surface area contributed by atoms with Gasteiger partial charge in [0.2, 0.25) is 5.91 Å². The summed E-state index contributed by atoms with van der Waals surface area (Å²) in [5.74, 6) is 0.0711. The number of benzene rings is 2. The molecular formula is C21H20N4O5. The Labute approximate surface area is 170 Å². The Kier molecular flexibility index (Phi) is 5.34. The summed E-state index contributed by atoms with van der Waals surface area (Å²) in [4.78, 5) is 50.1. The first-order chi connectivity index (χ1) is 14.5. The lowest BCUT2D eigenvalue weighted by Crippen LogP contribution is -2.39. The fourth-order valence-corrected chi connectivity index (χ4v) is 3.39. The van der Waals surface area contributed by atoms with E-state index in [1.807, 2.05) is 6.07 Å². The van der Waals surface area contributed by atoms with Crippen LogP contribution in [0.25, 0.3) is 11.0 Å². The monoisotopic (exact) mass is 408 g/mol. The minimum atomic E-state index is -0.706. The molecule has 1 aliphatic heterocycles. The first-order valence-corrected chi connectivity index (χ1v) is 9.55. The van der Waals surface area contributed by atoms with Gasteiger partial charge in [-0.15, -0.1) is 0 Å². The van der Waals surface area contributed by atoms with Gasteiger partial charge in [-0.3, -0.25) is 19.2 Å². The summed E-state index contributed by atoms with van der Waals surface area (Å²) in [6.07, 6.45) is 1.14. The molecule has 30 heavy (non-hydrogen) atoms. The van der Waals surface area contributed by atoms with Crippen molar-refractivity contribution in [3.8, 4) is 5.75 Å². The third-order valence-electron chi connectivity index (χ3n) is 4.89. The first kappa shape index (κ1) is 19.4. The molecule has 0 aliphatic carbocycles. The predicted octanol–water partition coefficient (Wildman–Crippen LogP) is 0.770. The van der Waals surface area contributed by atoms with Crippen molar-refractivity contribution in [2.75, 3.05) is 18.5 Å². The van der Waals surface area contributed by atoms with Crippen LogP contribution in [0.2, 0.25) is 0 Å². The molecule has 3 aromatic rings. The molecule has 2 heterocycles. The standard InChI is InChI=1S/C21H20N4O5/c26-18-8-6-13-5-7-14(11-16(13)23-18)30-12-19(27)22-9-10-25-17-4-2-1-3-15(17)24-20(28)21(25)29/h1-5,7,11H,6,8-10,12H2,(H,22,27)(H,23,26)(H,24,28). The number of H-pyrrole nitrogens is 1. The third kappa shape index (κ3) is 4.09. The van der Waals surface area contributed by atoms with Crippen molar-refractivity contribution < 1.29 is 14.3 Å². The molecule has 3 N–H and O–H groups in total. The Hall–Kier alpha value is -3.88. The Morgan fingerprint density at radius 1 is 1.10 bits per heavy atom. The highest BCUT2D eigenvalue weighted by molar-refractivity contribution is 5.94. The molecule has 1 aromatic heterocycles. The van der Waals surface area contributed by atoms with Gasteiger partial charge < -0.3 is 24.9 Å². The summed E-state index contributed by atoms with van der Waals surface area (Å²) in [5, 5.41) is 5.46. The van der Waals surface area contributed by atoms with Gasteiger partial charge >= 0.3 is 11.1 Å². The molecule has 1 aliphatic rings. The Morgan fingerprint density at radius 2 is 1.93 bits per heavy atom. The first-order valence-electron chi connectivity index (χ1n) is 9.55. The number of hydrogen-bond acceptors (Lipinski definition) is 5. The molecule has 0 atom stereocenters. The molecule has 0 unspecified atom stereocenters. The van der Waals surface area contributed by atoms with Crippen LogP contribution in [-0.4, -0.2) is 34.5 Å². The number of aromatic amines is 1. The smallest absolute Gasteiger partial charge is 0.316 e. The van der Waals surface area contributed by atoms with E-state index in [-0.39, 0.29) is 31.5 Å². The highest BCUT2D eigenvalue weighted by Crippen LogP contribution is 2.27. The number of hydrogen-bond donors (Lipinski definition) is 3. The van der Waals surface area contributed by atoms with E-state index in [0.29, 0.717) is 35.3 Å². The normalized spacial score (nSPS) is 12.9. The van der Waals surface area contributed by atoms with E-state index < -0.39 is 11.1 Å². The van der Waals surface area contributed by atoms with Gasteiger partial charge in [0.15, 0.2) is 6.61 Å². The number of nitrogens with one attached hydrogen (secondary N) is 3. The molecule has 9 heteroatoms. The second-order valence-corrected chi connectivity index (χ2v) is 6.93. The number of ether oxygens (including phenoxy) is 1. The van der Waals surface area contributed by atoms with Gasteiger partial charge in [-0.05, 0) is 30.2 Å². The van der Waals surface area contributed by atoms with Gasteiger partial charge in [0, 0.05) is 31.3 Å². The number of nitrogens with zero attached hydrogens (tertiary/aromatic N) is 1. The van der Waals surface area contributed by atoms with Crippen molar-refractivity contribution >= 4 is 28.5 Å². The van der Waals surface area contributed by atoms with E-state index in [9.17, 15) is 19.2 Å². The van der Waals surface area contributed by atoms with Crippen molar-refractivity contribution in [2.45, 2.75) is 19.4 Å². The lowest BCUT2D eigenvalue weighted by molar-refractivity contribution is -0.123. The summed E-state index contributed by atoms with van der Waals surface area (Å²) in [6, 6.07) is 12.3. The number of rotatable bonds is 6. The van der Waals surface area contributed by atoms with E-state index in [4.69, 9.17) is 4.74 Å². The van der Waals surface area contributed by atoms with Crippen LogP contribution in [0.3, 0.4) is 0 Å². The third-order valence-corrected chi connectivity index (χ3v) is 4.89. The van der Waals surface area contributed by atoms with Crippen molar-refractivity contribution in [1.82, 2.24) is 14.9 Å². The zero-order valence-electron chi connectivity index (χ0n) is 16.1. The minimum Gasteiger partial charge on any atom is -0.484 e. The van der Waals surface area contributed by atoms with Crippen molar-refractivity contribution in [2.24, 2.45) is 0 Å². The number of anilines is 1. The molecule has 0 radical (unpaired) electrons. The molecule has 154 valence electrons. The zero-order chi connectivity index (χ0) is 21.1. The Morgan fingerprint density at radius 3 is 2.80 bits per heavy atom. The van der Waals surface area contributed by atoms with E-state index >= 15 is 0 Å². The molecule has 0 saturated carbocycles. The molecule has 0 bridgehead atoms. The SMILES string of the molecule is O=C(COc1ccc2c(c1)NC(=O)CC2)NCCn1c(=O)c(=O)[nH]c2ccccc21. The number of carbonyl (C=O) groups is 2. The van der Waals surface area contributed by atoms with Crippen LogP contribution in [0.1, 0.15) is 12.0 Å². The van der Waals surface area contributed by atoms with Crippen LogP contribution in [0, 0.1) is 0 Å². The molecule has 9 nitrogen and oxygen atoms in total. The quantitative estimate of drug-likeness (QED) is 0.520. The number of amides is 2. The fourth-order valence-electron chi connectivity index (χ4n) is 3.39. The van der Waals surface area contributed by atoms with Crippen molar-refractivity contribution in [3.05, 3.63) is 68.7 Å². The van der Waals surface area contributed by atoms with Gasteiger partial charge in [0.1, 0.15) is 5.75 Å². The lowest BCUT2D eigenvalue weighted by Gasteiger charge is -2.17. The fraction of sp³-hybridized carbons (Fsp3) is 0.238. The maximum Gasteiger partial charge on any atom is 0.316 e. The molecule has 0 fully saturated rings. The topological polar surface area (TPSA) is 122 Å². The highest BCUT2D eigenvalue weighted by Gasteiger charge is 2.15. The molecular weight excluding hydrogens is 388 g/mol. The van der Waals surface area contributed by atoms with E-state index in [1.165, 1.54) is 4.57 Å². The number of para-hydroxylation sites is 2. The summed E-state index contributed by atoms with van der Waals surface area (Å²) >= 11 is 0. The number of fused-ring (bicyclic) bond motifs is 2. The van der Waals surface area contributed by atoms with Crippen LogP contribution in [0.15, 0.2) is 52.1 Å². The average Bonchev–Trinajstić information content (AvgIpc) is 2.74. The Bertz CT molecular complexity index is 1240. The summed E-state index contributed by atoms with van der Waals surface area (Å²) in [5.41, 5.74) is 1.49. The summed E-state index contributed by atoms with van der Waals surface area (Å²) < 4.78 is 6.83. The number of carbonyl (C=O) groups excluding carboxylic acids is 2. The number of aryl methyl sites for hydroxylation is 1. The van der Waals surface area contributed by atoms with Gasteiger partial charge in [-0.25, -0.2) is 0 Å². The highest BCUT2D eigenvalue weighted by atomic mass is 16.5. The Balaban J connectivity index is 1.34. The lowest BCUT2D eigenvalue weighted by atomic mass is 10.0. The summed E-state index contributed by atoms with van der Waals surface area (Å²) in [6.45, 7) is 0.105. The van der Waals surface area contributed by atoms with E-state index in [2.05, 4.69) is 15.6 Å². The van der Waals surface area contributed by atoms with Gasteiger partial charge in [0.25, 0.3) is 5.91 Å². The maximum absolute atomic E-state index is 12.2. The van der Waals surface area contributed by atoms with E-state index in [1.54, 1.807) is 36.4 Å². The van der Waals surface area contributed by atoms with Crippen LogP contribution in [-0.2, 0) is 22.6 Å². The van der Waals surface area contributed by atoms with Crippen molar-refractivity contribution in [3.63, 3.8) is 0 Å². The number of aromatic nitrogens is 2. The van der Waals surface area contributed by atoms with Crippen LogP contribution in [0.5, 0.6) is 5.75 Å². The predicted molar refractivity (Wildman–Crippen MR) is 111 cm³/mol. The maximum atomic E-state index is 12.2. The zero-order valence-corrected chi connectivity index (χ0v) is 16.1. The minimum absolute atomic E-state index is 0.0418. The van der Waals surface area contributed by atoms with Crippen LogP contribution < -0.4 is 26.5 Å². The largest absolute Gasteiger partial charge is 0.484 e. The van der Waals surface area contributed by atoms with E-state index in [0.717, 1.165) is 5.56 Å². The molecule has 0 saturated heterocycles. The summed E-state index contributed by atoms with van der Waals surface area (Å²) in [7, 11) is 0. The molecule has 0 spiro atoms.